The first kappa shape index (κ1) is 18.6. The van der Waals surface area contributed by atoms with Gasteiger partial charge in [0.05, 0.1) is 18.7 Å². The topological polar surface area (TPSA) is 81.6 Å². The van der Waals surface area contributed by atoms with Gasteiger partial charge in [0.25, 0.3) is 0 Å². The van der Waals surface area contributed by atoms with Crippen molar-refractivity contribution in [1.82, 2.24) is 10.6 Å². The summed E-state index contributed by atoms with van der Waals surface area (Å²) < 4.78 is 0. The van der Waals surface area contributed by atoms with Crippen LogP contribution < -0.4 is 10.6 Å². The zero-order valence-corrected chi connectivity index (χ0v) is 14.7. The summed E-state index contributed by atoms with van der Waals surface area (Å²) in [6.07, 6.45) is 0.748. The van der Waals surface area contributed by atoms with E-state index in [1.165, 1.54) is 5.56 Å². The van der Waals surface area contributed by atoms with Crippen LogP contribution in [0.25, 0.3) is 0 Å². The van der Waals surface area contributed by atoms with Crippen LogP contribution >= 0.6 is 0 Å². The van der Waals surface area contributed by atoms with Crippen molar-refractivity contribution in [1.29, 1.82) is 0 Å². The minimum Gasteiger partial charge on any atom is -0.394 e. The molecule has 0 bridgehead atoms. The Morgan fingerprint density at radius 1 is 1.12 bits per heavy atom. The molecule has 1 fully saturated rings. The number of piperidine rings is 1. The minimum atomic E-state index is -0.946. The molecule has 0 unspecified atom stereocenters. The minimum absolute atomic E-state index is 0.181. The van der Waals surface area contributed by atoms with Crippen LogP contribution in [0.4, 0.5) is 0 Å². The molecule has 26 heavy (non-hydrogen) atoms. The van der Waals surface area contributed by atoms with Gasteiger partial charge in [-0.2, -0.15) is 0 Å². The second-order valence-electron chi connectivity index (χ2n) is 6.79. The molecule has 0 aromatic heterocycles. The fourth-order valence-corrected chi connectivity index (χ4v) is 3.54. The molecule has 2 aromatic carbocycles. The number of aliphatic hydroxyl groups is 2. The number of aliphatic hydroxyl groups excluding tert-OH is 2. The van der Waals surface area contributed by atoms with Gasteiger partial charge in [-0.25, -0.2) is 0 Å². The van der Waals surface area contributed by atoms with Crippen molar-refractivity contribution in [2.75, 3.05) is 13.2 Å². The van der Waals surface area contributed by atoms with E-state index in [4.69, 9.17) is 0 Å². The monoisotopic (exact) mass is 354 g/mol. The van der Waals surface area contributed by atoms with Crippen LogP contribution in [0.5, 0.6) is 0 Å². The fraction of sp³-hybridized carbons (Fsp3) is 0.381. The van der Waals surface area contributed by atoms with Crippen LogP contribution in [0, 0.1) is 0 Å². The first-order valence-electron chi connectivity index (χ1n) is 9.11. The smallest absolute Gasteiger partial charge is 0.237 e. The Morgan fingerprint density at radius 2 is 1.77 bits per heavy atom. The highest BCUT2D eigenvalue weighted by molar-refractivity contribution is 5.82. The molecule has 1 aliphatic rings. The number of carbonyl (C=O) groups excluding carboxylic acids is 1. The Kier molecular flexibility index (Phi) is 6.39. The van der Waals surface area contributed by atoms with E-state index in [-0.39, 0.29) is 18.6 Å². The lowest BCUT2D eigenvalue weighted by Gasteiger charge is -2.31. The highest BCUT2D eigenvalue weighted by atomic mass is 16.3. The predicted octanol–water partition coefficient (Wildman–Crippen LogP) is 1.73. The number of hydrogen-bond donors (Lipinski definition) is 4. The van der Waals surface area contributed by atoms with Gasteiger partial charge in [0.2, 0.25) is 5.91 Å². The van der Waals surface area contributed by atoms with Gasteiger partial charge in [-0.3, -0.25) is 4.79 Å². The quantitative estimate of drug-likeness (QED) is 0.637. The van der Waals surface area contributed by atoms with Crippen molar-refractivity contribution in [3.05, 3.63) is 71.8 Å². The summed E-state index contributed by atoms with van der Waals surface area (Å²) >= 11 is 0. The molecule has 138 valence electrons. The third-order valence-corrected chi connectivity index (χ3v) is 5.04. The first-order valence-corrected chi connectivity index (χ1v) is 9.11. The van der Waals surface area contributed by atoms with E-state index in [2.05, 4.69) is 22.8 Å². The van der Waals surface area contributed by atoms with Crippen LogP contribution in [0.2, 0.25) is 0 Å². The molecule has 3 rings (SSSR count). The summed E-state index contributed by atoms with van der Waals surface area (Å²) in [7, 11) is 0. The molecule has 4 N–H and O–H groups in total. The van der Waals surface area contributed by atoms with E-state index in [9.17, 15) is 15.0 Å². The lowest BCUT2D eigenvalue weighted by atomic mass is 9.86. The van der Waals surface area contributed by atoms with Crippen molar-refractivity contribution in [3.8, 4) is 0 Å². The van der Waals surface area contributed by atoms with Crippen LogP contribution in [0.3, 0.4) is 0 Å². The highest BCUT2D eigenvalue weighted by Crippen LogP contribution is 2.27. The summed E-state index contributed by atoms with van der Waals surface area (Å²) in [6, 6.07) is 18.2. The molecule has 1 saturated heterocycles. The lowest BCUT2D eigenvalue weighted by Crippen LogP contribution is -2.53. The van der Waals surface area contributed by atoms with Crippen LogP contribution in [0.1, 0.15) is 36.0 Å². The molecule has 0 saturated carbocycles. The van der Waals surface area contributed by atoms with Gasteiger partial charge in [0.15, 0.2) is 0 Å². The summed E-state index contributed by atoms with van der Waals surface area (Å²) in [5.74, 6) is 0.152. The first-order chi connectivity index (χ1) is 12.7. The molecule has 1 heterocycles. The fourth-order valence-electron chi connectivity index (χ4n) is 3.54. The summed E-state index contributed by atoms with van der Waals surface area (Å²) in [5.41, 5.74) is 1.92. The maximum absolute atomic E-state index is 12.7. The van der Waals surface area contributed by atoms with Crippen LogP contribution in [0.15, 0.2) is 60.7 Å². The van der Waals surface area contributed by atoms with Gasteiger partial charge in [-0.1, -0.05) is 60.7 Å². The van der Waals surface area contributed by atoms with Crippen LogP contribution in [-0.2, 0) is 4.79 Å². The average Bonchev–Trinajstić information content (AvgIpc) is 2.72. The molecule has 0 aliphatic carbocycles. The number of amides is 1. The van der Waals surface area contributed by atoms with Gasteiger partial charge in [-0.05, 0) is 36.4 Å². The second kappa shape index (κ2) is 8.94. The SMILES string of the molecule is O=C(N[C@@H](CO)[C@H](O)c1ccccc1)[C@@H]1C[C@H](c2ccccc2)CCN1. The molecule has 1 amide bonds. The van der Waals surface area contributed by atoms with Crippen molar-refractivity contribution in [3.63, 3.8) is 0 Å². The summed E-state index contributed by atoms with van der Waals surface area (Å²) in [5, 5.41) is 26.2. The van der Waals surface area contributed by atoms with Gasteiger partial charge >= 0.3 is 0 Å². The maximum Gasteiger partial charge on any atom is 0.237 e. The third-order valence-electron chi connectivity index (χ3n) is 5.04. The Bertz CT molecular complexity index is 693. The maximum atomic E-state index is 12.7. The van der Waals surface area contributed by atoms with Crippen molar-refractivity contribution < 1.29 is 15.0 Å². The number of hydrogen-bond acceptors (Lipinski definition) is 4. The van der Waals surface area contributed by atoms with Gasteiger partial charge in [0.1, 0.15) is 6.10 Å². The predicted molar refractivity (Wildman–Crippen MR) is 101 cm³/mol. The molecule has 0 spiro atoms. The normalized spacial score (nSPS) is 22.4. The van der Waals surface area contributed by atoms with Crippen LogP contribution in [-0.4, -0.2) is 41.4 Å². The lowest BCUT2D eigenvalue weighted by molar-refractivity contribution is -0.126. The zero-order chi connectivity index (χ0) is 18.4. The van der Waals surface area contributed by atoms with Gasteiger partial charge in [0, 0.05) is 0 Å². The van der Waals surface area contributed by atoms with E-state index < -0.39 is 12.1 Å². The largest absolute Gasteiger partial charge is 0.394 e. The van der Waals surface area contributed by atoms with Gasteiger partial charge < -0.3 is 20.8 Å². The molecular formula is C21H26N2O3. The van der Waals surface area contributed by atoms with E-state index in [0.29, 0.717) is 17.9 Å². The zero-order valence-electron chi connectivity index (χ0n) is 14.7. The number of benzene rings is 2. The Hall–Kier alpha value is -2.21. The van der Waals surface area contributed by atoms with Crippen molar-refractivity contribution in [2.45, 2.75) is 36.9 Å². The Labute approximate surface area is 154 Å². The standard InChI is InChI=1S/C21H26N2O3/c24-14-19(20(25)16-9-5-2-6-10-16)23-21(26)18-13-17(11-12-22-18)15-7-3-1-4-8-15/h1-10,17-20,22,24-25H,11-14H2,(H,23,26)/t17-,18+,19+,20-/m1/s1. The third kappa shape index (κ3) is 4.49. The highest BCUT2D eigenvalue weighted by Gasteiger charge is 2.30. The molecule has 1 aliphatic heterocycles. The molecule has 5 heteroatoms. The summed E-state index contributed by atoms with van der Waals surface area (Å²) in [4.78, 5) is 12.7. The average molecular weight is 354 g/mol. The number of carbonyl (C=O) groups is 1. The van der Waals surface area contributed by atoms with Crippen molar-refractivity contribution >= 4 is 5.91 Å². The van der Waals surface area contributed by atoms with E-state index in [0.717, 1.165) is 13.0 Å². The van der Waals surface area contributed by atoms with E-state index in [1.807, 2.05) is 36.4 Å². The Morgan fingerprint density at radius 3 is 2.42 bits per heavy atom. The molecule has 4 atom stereocenters. The molecule has 0 radical (unpaired) electrons. The van der Waals surface area contributed by atoms with Gasteiger partial charge in [-0.15, -0.1) is 0 Å². The molecule has 5 nitrogen and oxygen atoms in total. The number of nitrogens with one attached hydrogen (secondary N) is 2. The summed E-state index contributed by atoms with van der Waals surface area (Å²) in [6.45, 7) is 0.444. The number of rotatable bonds is 6. The van der Waals surface area contributed by atoms with E-state index >= 15 is 0 Å². The molecular weight excluding hydrogens is 328 g/mol. The van der Waals surface area contributed by atoms with E-state index in [1.54, 1.807) is 12.1 Å². The molecule has 2 aromatic rings. The Balaban J connectivity index is 1.62. The van der Waals surface area contributed by atoms with Crippen molar-refractivity contribution in [2.24, 2.45) is 0 Å². The second-order valence-corrected chi connectivity index (χ2v) is 6.79.